The molecular formula is C11H11NO5. The number of hydrogen-bond donors (Lipinski definition) is 0. The summed E-state index contributed by atoms with van der Waals surface area (Å²) < 4.78 is 15.6. The Morgan fingerprint density at radius 3 is 2.94 bits per heavy atom. The van der Waals surface area contributed by atoms with Crippen LogP contribution in [0.15, 0.2) is 17.8 Å². The third kappa shape index (κ3) is 2.15. The van der Waals surface area contributed by atoms with Crippen LogP contribution in [0.4, 0.5) is 0 Å². The van der Waals surface area contributed by atoms with E-state index in [0.717, 1.165) is 0 Å². The predicted molar refractivity (Wildman–Crippen MR) is 59.8 cm³/mol. The van der Waals surface area contributed by atoms with Crippen molar-refractivity contribution in [2.24, 2.45) is 0 Å². The third-order valence-electron chi connectivity index (χ3n) is 2.34. The summed E-state index contributed by atoms with van der Waals surface area (Å²) in [7, 11) is 1.51. The highest BCUT2D eigenvalue weighted by Gasteiger charge is 2.20. The quantitative estimate of drug-likeness (QED) is 0.594. The molecule has 0 aromatic heterocycles. The monoisotopic (exact) mass is 237 g/mol. The van der Waals surface area contributed by atoms with Gasteiger partial charge < -0.3 is 14.2 Å². The van der Waals surface area contributed by atoms with Gasteiger partial charge in [-0.15, -0.1) is 0 Å². The number of rotatable bonds is 3. The summed E-state index contributed by atoms with van der Waals surface area (Å²) >= 11 is 0. The van der Waals surface area contributed by atoms with Crippen LogP contribution >= 0.6 is 0 Å². The highest BCUT2D eigenvalue weighted by atomic mass is 16.7. The number of fused-ring (bicyclic) bond motifs is 1. The van der Waals surface area contributed by atoms with Crippen molar-refractivity contribution >= 4 is 6.08 Å². The van der Waals surface area contributed by atoms with Gasteiger partial charge in [-0.1, -0.05) is 0 Å². The van der Waals surface area contributed by atoms with E-state index < -0.39 is 4.92 Å². The van der Waals surface area contributed by atoms with Crippen molar-refractivity contribution in [2.45, 2.75) is 6.92 Å². The van der Waals surface area contributed by atoms with Crippen molar-refractivity contribution in [3.63, 3.8) is 0 Å². The van der Waals surface area contributed by atoms with Crippen LogP contribution in [0, 0.1) is 10.1 Å². The molecule has 0 spiro atoms. The zero-order valence-corrected chi connectivity index (χ0v) is 9.43. The molecule has 0 N–H and O–H groups in total. The lowest BCUT2D eigenvalue weighted by atomic mass is 10.1. The molecule has 1 aliphatic rings. The molecule has 1 aliphatic heterocycles. The van der Waals surface area contributed by atoms with Crippen molar-refractivity contribution < 1.29 is 19.1 Å². The molecule has 0 atom stereocenters. The Hall–Kier alpha value is -2.24. The van der Waals surface area contributed by atoms with Gasteiger partial charge in [0.2, 0.25) is 18.2 Å². The smallest absolute Gasteiger partial charge is 0.243 e. The van der Waals surface area contributed by atoms with Gasteiger partial charge in [-0.2, -0.15) is 0 Å². The van der Waals surface area contributed by atoms with Crippen molar-refractivity contribution in [2.75, 3.05) is 13.9 Å². The second-order valence-corrected chi connectivity index (χ2v) is 3.50. The molecule has 1 heterocycles. The normalized spacial score (nSPS) is 13.6. The highest BCUT2D eigenvalue weighted by Crippen LogP contribution is 2.42. The van der Waals surface area contributed by atoms with Gasteiger partial charge in [0.05, 0.1) is 12.0 Å². The minimum Gasteiger partial charge on any atom is -0.493 e. The van der Waals surface area contributed by atoms with Crippen molar-refractivity contribution in [3.8, 4) is 17.2 Å². The molecule has 0 fully saturated rings. The minimum atomic E-state index is -0.447. The summed E-state index contributed by atoms with van der Waals surface area (Å²) in [5, 5.41) is 10.5. The average Bonchev–Trinajstić information content (AvgIpc) is 2.75. The van der Waals surface area contributed by atoms with Crippen molar-refractivity contribution in [1.82, 2.24) is 0 Å². The number of methoxy groups -OCH3 is 1. The van der Waals surface area contributed by atoms with E-state index in [2.05, 4.69) is 0 Å². The fourth-order valence-electron chi connectivity index (χ4n) is 1.53. The third-order valence-corrected chi connectivity index (χ3v) is 2.34. The summed E-state index contributed by atoms with van der Waals surface area (Å²) in [6.45, 7) is 1.56. The fourth-order valence-corrected chi connectivity index (χ4v) is 1.53. The predicted octanol–water partition coefficient (Wildman–Crippen LogP) is 2.06. The van der Waals surface area contributed by atoms with Crippen LogP contribution < -0.4 is 14.2 Å². The van der Waals surface area contributed by atoms with Gasteiger partial charge in [0, 0.05) is 13.0 Å². The largest absolute Gasteiger partial charge is 0.493 e. The first-order chi connectivity index (χ1) is 8.11. The lowest BCUT2D eigenvalue weighted by Gasteiger charge is -2.05. The maximum absolute atomic E-state index is 10.5. The molecule has 0 amide bonds. The number of nitro groups is 1. The summed E-state index contributed by atoms with van der Waals surface area (Å²) in [4.78, 5) is 10.1. The van der Waals surface area contributed by atoms with Crippen LogP contribution in [-0.2, 0) is 0 Å². The molecule has 1 aromatic rings. The summed E-state index contributed by atoms with van der Waals surface area (Å²) in [5.41, 5.74) is 0.686. The Morgan fingerprint density at radius 1 is 1.53 bits per heavy atom. The Bertz CT molecular complexity index is 495. The Balaban J connectivity index is 2.44. The molecule has 0 unspecified atom stereocenters. The van der Waals surface area contributed by atoms with Gasteiger partial charge in [-0.05, 0) is 17.7 Å². The maximum Gasteiger partial charge on any atom is 0.243 e. The highest BCUT2D eigenvalue weighted by molar-refractivity contribution is 5.63. The second kappa shape index (κ2) is 4.32. The molecule has 0 radical (unpaired) electrons. The van der Waals surface area contributed by atoms with Gasteiger partial charge >= 0.3 is 0 Å². The second-order valence-electron chi connectivity index (χ2n) is 3.50. The van der Waals surface area contributed by atoms with Crippen LogP contribution in [0.3, 0.4) is 0 Å². The van der Waals surface area contributed by atoms with Crippen LogP contribution in [-0.4, -0.2) is 18.8 Å². The van der Waals surface area contributed by atoms with E-state index in [1.165, 1.54) is 20.1 Å². The van der Waals surface area contributed by atoms with E-state index in [1.807, 2.05) is 0 Å². The Kier molecular flexibility index (Phi) is 2.86. The molecule has 0 saturated heterocycles. The van der Waals surface area contributed by atoms with Gasteiger partial charge in [-0.25, -0.2) is 0 Å². The lowest BCUT2D eigenvalue weighted by Crippen LogP contribution is -1.94. The zero-order chi connectivity index (χ0) is 12.4. The molecule has 6 nitrogen and oxygen atoms in total. The Morgan fingerprint density at radius 2 is 2.29 bits per heavy atom. The molecule has 6 heteroatoms. The van der Waals surface area contributed by atoms with E-state index in [1.54, 1.807) is 12.1 Å². The van der Waals surface area contributed by atoms with E-state index in [4.69, 9.17) is 14.2 Å². The minimum absolute atomic E-state index is 0.0471. The van der Waals surface area contributed by atoms with Crippen LogP contribution in [0.1, 0.15) is 12.5 Å². The first-order valence-electron chi connectivity index (χ1n) is 4.92. The van der Waals surface area contributed by atoms with Crippen molar-refractivity contribution in [3.05, 3.63) is 33.5 Å². The van der Waals surface area contributed by atoms with Gasteiger partial charge in [0.15, 0.2) is 11.5 Å². The van der Waals surface area contributed by atoms with Crippen LogP contribution in [0.2, 0.25) is 0 Å². The molecule has 90 valence electrons. The fraction of sp³-hybridized carbons (Fsp3) is 0.273. The number of hydrogen-bond acceptors (Lipinski definition) is 5. The summed E-state index contributed by atoms with van der Waals surface area (Å²) in [6.07, 6.45) is 1.45. The van der Waals surface area contributed by atoms with E-state index in [0.29, 0.717) is 22.8 Å². The molecule has 0 bridgehead atoms. The first kappa shape index (κ1) is 11.3. The zero-order valence-electron chi connectivity index (χ0n) is 9.43. The number of benzene rings is 1. The maximum atomic E-state index is 10.5. The topological polar surface area (TPSA) is 70.8 Å². The Labute approximate surface area is 97.6 Å². The van der Waals surface area contributed by atoms with Gasteiger partial charge in [0.1, 0.15) is 0 Å². The average molecular weight is 237 g/mol. The number of nitrogens with zero attached hydrogens (tertiary/aromatic N) is 1. The van der Waals surface area contributed by atoms with E-state index in [9.17, 15) is 10.1 Å². The molecular weight excluding hydrogens is 226 g/mol. The van der Waals surface area contributed by atoms with E-state index >= 15 is 0 Å². The number of ether oxygens (including phenoxy) is 3. The molecule has 1 aromatic carbocycles. The van der Waals surface area contributed by atoms with Crippen LogP contribution in [0.5, 0.6) is 17.2 Å². The molecule has 2 rings (SSSR count). The molecule has 0 aliphatic carbocycles. The standard InChI is InChI=1S/C11H11NO5/c1-7(12(13)14)3-8-4-9(15-2)11-10(5-8)16-6-17-11/h3-5H,6H2,1-2H3/b7-3-. The van der Waals surface area contributed by atoms with Gasteiger partial charge in [-0.3, -0.25) is 10.1 Å². The first-order valence-corrected chi connectivity index (χ1v) is 4.92. The summed E-state index contributed by atoms with van der Waals surface area (Å²) in [5.74, 6) is 1.57. The van der Waals surface area contributed by atoms with E-state index in [-0.39, 0.29) is 12.5 Å². The van der Waals surface area contributed by atoms with Gasteiger partial charge in [0.25, 0.3) is 0 Å². The molecule has 17 heavy (non-hydrogen) atoms. The lowest BCUT2D eigenvalue weighted by molar-refractivity contribution is -0.422. The number of allylic oxidation sites excluding steroid dienone is 1. The SMILES string of the molecule is COc1cc(/C=C(/C)[N+](=O)[O-])cc2c1OCO2. The summed E-state index contributed by atoms with van der Waals surface area (Å²) in [6, 6.07) is 3.35. The molecule has 0 saturated carbocycles. The van der Waals surface area contributed by atoms with Crippen molar-refractivity contribution in [1.29, 1.82) is 0 Å². The van der Waals surface area contributed by atoms with Crippen LogP contribution in [0.25, 0.3) is 6.08 Å².